The molecule has 12 heavy (non-hydrogen) atoms. The van der Waals surface area contributed by atoms with E-state index in [-0.39, 0.29) is 0 Å². The third kappa shape index (κ3) is 3.01. The molecule has 0 bridgehead atoms. The van der Waals surface area contributed by atoms with Crippen LogP contribution in [0.25, 0.3) is 0 Å². The molecule has 3 heteroatoms. The first-order chi connectivity index (χ1) is 5.75. The van der Waals surface area contributed by atoms with Gasteiger partial charge in [-0.2, -0.15) is 11.8 Å². The van der Waals surface area contributed by atoms with Crippen LogP contribution in [0.4, 0.5) is 0 Å². The topological polar surface area (TPSA) is 0 Å². The third-order valence-electron chi connectivity index (χ3n) is 2.40. The largest absolute Gasteiger partial charge is 0.162 e. The molecule has 2 atom stereocenters. The molecule has 1 aliphatic rings. The summed E-state index contributed by atoms with van der Waals surface area (Å²) in [4.78, 5) is 0. The van der Waals surface area contributed by atoms with Gasteiger partial charge >= 0.3 is 0 Å². The maximum atomic E-state index is 6.22. The molecule has 1 fully saturated rings. The van der Waals surface area contributed by atoms with E-state index in [1.807, 2.05) is 11.8 Å². The quantitative estimate of drug-likeness (QED) is 0.661. The van der Waals surface area contributed by atoms with Gasteiger partial charge in [-0.25, -0.2) is 0 Å². The maximum Gasteiger partial charge on any atom is 0.0386 e. The van der Waals surface area contributed by atoms with Gasteiger partial charge in [0.05, 0.1) is 0 Å². The molecule has 0 radical (unpaired) electrons. The van der Waals surface area contributed by atoms with Gasteiger partial charge in [0.2, 0.25) is 0 Å². The minimum atomic E-state index is 0.320. The predicted molar refractivity (Wildman–Crippen MR) is 59.6 cm³/mol. The number of thioether (sulfide) groups is 1. The molecular formula is C9H16Cl2S. The summed E-state index contributed by atoms with van der Waals surface area (Å²) in [7, 11) is 0. The second-order valence-corrected chi connectivity index (χ2v) is 5.73. The van der Waals surface area contributed by atoms with Gasteiger partial charge in [0, 0.05) is 16.7 Å². The van der Waals surface area contributed by atoms with Crippen LogP contribution in [-0.4, -0.2) is 22.3 Å². The van der Waals surface area contributed by atoms with Crippen molar-refractivity contribution in [3.8, 4) is 0 Å². The van der Waals surface area contributed by atoms with Gasteiger partial charge in [-0.3, -0.25) is 0 Å². The third-order valence-corrected chi connectivity index (χ3v) is 4.52. The second kappa shape index (κ2) is 5.62. The monoisotopic (exact) mass is 226 g/mol. The summed E-state index contributed by atoms with van der Waals surface area (Å²) in [5, 5.41) is 0.639. The Balaban J connectivity index is 2.34. The average Bonchev–Trinajstić information content (AvgIpc) is 2.04. The van der Waals surface area contributed by atoms with Crippen molar-refractivity contribution in [2.24, 2.45) is 5.92 Å². The van der Waals surface area contributed by atoms with Crippen molar-refractivity contribution in [1.29, 1.82) is 0 Å². The van der Waals surface area contributed by atoms with E-state index in [0.717, 1.165) is 18.6 Å². The molecule has 0 aliphatic heterocycles. The Bertz CT molecular complexity index is 120. The number of alkyl halides is 2. The maximum absolute atomic E-state index is 6.22. The number of hydrogen-bond acceptors (Lipinski definition) is 1. The van der Waals surface area contributed by atoms with Crippen molar-refractivity contribution in [1.82, 2.24) is 0 Å². The fourth-order valence-corrected chi connectivity index (χ4v) is 3.72. The number of halogens is 2. The molecule has 0 aromatic carbocycles. The minimum absolute atomic E-state index is 0.320. The Morgan fingerprint density at radius 2 is 1.83 bits per heavy atom. The van der Waals surface area contributed by atoms with E-state index in [1.54, 1.807) is 0 Å². The summed E-state index contributed by atoms with van der Waals surface area (Å²) in [5.74, 6) is 2.84. The number of hydrogen-bond donors (Lipinski definition) is 0. The van der Waals surface area contributed by atoms with Crippen LogP contribution in [0.15, 0.2) is 0 Å². The van der Waals surface area contributed by atoms with Crippen LogP contribution in [0.3, 0.4) is 0 Å². The van der Waals surface area contributed by atoms with Crippen LogP contribution in [0.2, 0.25) is 0 Å². The molecule has 1 aliphatic carbocycles. The average molecular weight is 227 g/mol. The van der Waals surface area contributed by atoms with Gasteiger partial charge in [0.1, 0.15) is 0 Å². The fourth-order valence-electron chi connectivity index (χ4n) is 1.63. The van der Waals surface area contributed by atoms with E-state index in [9.17, 15) is 0 Å². The van der Waals surface area contributed by atoms with Crippen LogP contribution in [0.1, 0.15) is 26.2 Å². The van der Waals surface area contributed by atoms with E-state index in [1.165, 1.54) is 12.2 Å². The summed E-state index contributed by atoms with van der Waals surface area (Å²) >= 11 is 14.4. The molecule has 0 nitrogen and oxygen atoms in total. The molecule has 0 spiro atoms. The lowest BCUT2D eigenvalue weighted by Gasteiger charge is -2.31. The van der Waals surface area contributed by atoms with Gasteiger partial charge < -0.3 is 0 Å². The van der Waals surface area contributed by atoms with Crippen LogP contribution >= 0.6 is 35.0 Å². The van der Waals surface area contributed by atoms with E-state index in [2.05, 4.69) is 6.92 Å². The van der Waals surface area contributed by atoms with Crippen LogP contribution in [-0.2, 0) is 0 Å². The first-order valence-corrected chi connectivity index (χ1v) is 6.64. The van der Waals surface area contributed by atoms with E-state index in [0.29, 0.717) is 16.7 Å². The second-order valence-electron chi connectivity index (χ2n) is 3.29. The SMILES string of the molecule is CCSCC1C(Cl)CCCC1Cl. The van der Waals surface area contributed by atoms with Crippen molar-refractivity contribution in [3.63, 3.8) is 0 Å². The Morgan fingerprint density at radius 3 is 2.33 bits per heavy atom. The van der Waals surface area contributed by atoms with Crippen molar-refractivity contribution >= 4 is 35.0 Å². The first-order valence-electron chi connectivity index (χ1n) is 4.61. The van der Waals surface area contributed by atoms with Gasteiger partial charge in [0.25, 0.3) is 0 Å². The first kappa shape index (κ1) is 11.0. The fraction of sp³-hybridized carbons (Fsp3) is 1.00. The van der Waals surface area contributed by atoms with Crippen molar-refractivity contribution in [2.45, 2.75) is 36.9 Å². The molecule has 0 aromatic heterocycles. The Labute approximate surface area is 89.4 Å². The van der Waals surface area contributed by atoms with Crippen molar-refractivity contribution < 1.29 is 0 Å². The molecule has 1 saturated carbocycles. The Hall–Kier alpha value is 0.930. The van der Waals surface area contributed by atoms with Gasteiger partial charge in [0.15, 0.2) is 0 Å². The Kier molecular flexibility index (Phi) is 5.15. The van der Waals surface area contributed by atoms with E-state index in [4.69, 9.17) is 23.2 Å². The van der Waals surface area contributed by atoms with E-state index >= 15 is 0 Å². The van der Waals surface area contributed by atoms with Gasteiger partial charge in [-0.1, -0.05) is 13.3 Å². The highest BCUT2D eigenvalue weighted by Crippen LogP contribution is 2.34. The van der Waals surface area contributed by atoms with Crippen LogP contribution < -0.4 is 0 Å². The zero-order valence-corrected chi connectivity index (χ0v) is 9.76. The van der Waals surface area contributed by atoms with Crippen molar-refractivity contribution in [3.05, 3.63) is 0 Å². The van der Waals surface area contributed by atoms with Gasteiger partial charge in [-0.15, -0.1) is 23.2 Å². The summed E-state index contributed by atoms with van der Waals surface area (Å²) in [6, 6.07) is 0. The molecule has 0 aromatic rings. The van der Waals surface area contributed by atoms with Crippen LogP contribution in [0, 0.1) is 5.92 Å². The zero-order chi connectivity index (χ0) is 8.97. The van der Waals surface area contributed by atoms with Crippen LogP contribution in [0.5, 0.6) is 0 Å². The highest BCUT2D eigenvalue weighted by Gasteiger charge is 2.30. The summed E-state index contributed by atoms with van der Waals surface area (Å²) < 4.78 is 0. The molecular weight excluding hydrogens is 211 g/mol. The Morgan fingerprint density at radius 1 is 1.25 bits per heavy atom. The summed E-state index contributed by atoms with van der Waals surface area (Å²) in [5.41, 5.74) is 0. The molecule has 0 N–H and O–H groups in total. The number of rotatable bonds is 3. The summed E-state index contributed by atoms with van der Waals surface area (Å²) in [6.07, 6.45) is 3.51. The molecule has 0 heterocycles. The molecule has 72 valence electrons. The molecule has 0 amide bonds. The van der Waals surface area contributed by atoms with Gasteiger partial charge in [-0.05, 0) is 24.3 Å². The molecule has 0 saturated heterocycles. The smallest absolute Gasteiger partial charge is 0.0386 e. The van der Waals surface area contributed by atoms with E-state index < -0.39 is 0 Å². The highest BCUT2D eigenvalue weighted by molar-refractivity contribution is 7.99. The molecule has 1 rings (SSSR count). The lowest BCUT2D eigenvalue weighted by atomic mass is 9.90. The highest BCUT2D eigenvalue weighted by atomic mass is 35.5. The lowest BCUT2D eigenvalue weighted by molar-refractivity contribution is 0.405. The molecule has 2 unspecified atom stereocenters. The minimum Gasteiger partial charge on any atom is -0.162 e. The lowest BCUT2D eigenvalue weighted by Crippen LogP contribution is -2.31. The zero-order valence-electron chi connectivity index (χ0n) is 7.43. The van der Waals surface area contributed by atoms with Crippen molar-refractivity contribution in [2.75, 3.05) is 11.5 Å². The summed E-state index contributed by atoms with van der Waals surface area (Å²) in [6.45, 7) is 2.18. The normalized spacial score (nSPS) is 36.8. The predicted octanol–water partition coefficient (Wildman–Crippen LogP) is 3.75. The standard InChI is InChI=1S/C9H16Cl2S/c1-2-12-6-7-8(10)4-3-5-9(7)11/h7-9H,2-6H2,1H3.